The number of carbonyl (C=O) groups excluding carboxylic acids is 2. The van der Waals surface area contributed by atoms with Crippen LogP contribution in [0.4, 0.5) is 5.82 Å². The average molecular weight is 317 g/mol. The summed E-state index contributed by atoms with van der Waals surface area (Å²) in [6.45, 7) is 0.223. The first kappa shape index (κ1) is 15.8. The molecule has 124 valence electrons. The van der Waals surface area contributed by atoms with E-state index in [1.807, 2.05) is 7.05 Å². The molecule has 0 unspecified atom stereocenters. The van der Waals surface area contributed by atoms with Crippen molar-refractivity contribution in [3.05, 3.63) is 23.9 Å². The Morgan fingerprint density at radius 3 is 2.87 bits per heavy atom. The van der Waals surface area contributed by atoms with E-state index in [1.165, 1.54) is 25.7 Å². The molecule has 1 aromatic rings. The van der Waals surface area contributed by atoms with Crippen LogP contribution in [0, 0.1) is 0 Å². The molecule has 0 aromatic carbocycles. The third-order valence-electron chi connectivity index (χ3n) is 4.72. The molecule has 1 amide bonds. The first-order valence-electron chi connectivity index (χ1n) is 8.29. The maximum Gasteiger partial charge on any atom is 0.338 e. The van der Waals surface area contributed by atoms with E-state index < -0.39 is 0 Å². The SMILES string of the molecule is CN(c1cc(C(=O)OC[C@@H]2CCC(=O)N2)ccn1)C1CCCC1. The zero-order valence-corrected chi connectivity index (χ0v) is 13.5. The molecule has 6 nitrogen and oxygen atoms in total. The minimum Gasteiger partial charge on any atom is -0.460 e. The normalized spacial score (nSPS) is 21.3. The summed E-state index contributed by atoms with van der Waals surface area (Å²) >= 11 is 0. The van der Waals surface area contributed by atoms with E-state index >= 15 is 0 Å². The summed E-state index contributed by atoms with van der Waals surface area (Å²) in [6.07, 6.45) is 7.73. The summed E-state index contributed by atoms with van der Waals surface area (Å²) < 4.78 is 5.32. The molecule has 1 aliphatic heterocycles. The Hall–Kier alpha value is -2.11. The van der Waals surface area contributed by atoms with Gasteiger partial charge in [-0.15, -0.1) is 0 Å². The van der Waals surface area contributed by atoms with Gasteiger partial charge in [-0.25, -0.2) is 9.78 Å². The van der Waals surface area contributed by atoms with Crippen molar-refractivity contribution in [2.45, 2.75) is 50.6 Å². The molecule has 1 atom stereocenters. The van der Waals surface area contributed by atoms with E-state index in [4.69, 9.17) is 4.74 Å². The van der Waals surface area contributed by atoms with Gasteiger partial charge in [-0.1, -0.05) is 12.8 Å². The van der Waals surface area contributed by atoms with Crippen molar-refractivity contribution in [2.75, 3.05) is 18.6 Å². The number of nitrogens with zero attached hydrogens (tertiary/aromatic N) is 2. The predicted octanol–water partition coefficient (Wildman–Crippen LogP) is 1.90. The van der Waals surface area contributed by atoms with Crippen LogP contribution in [0.25, 0.3) is 0 Å². The standard InChI is InChI=1S/C17H23N3O3/c1-20(14-4-2-3-5-14)15-10-12(8-9-18-15)17(22)23-11-13-6-7-16(21)19-13/h8-10,13-14H,2-7,11H2,1H3,(H,19,21)/t13-/m0/s1. The molecule has 1 saturated carbocycles. The van der Waals surface area contributed by atoms with Gasteiger partial charge in [-0.2, -0.15) is 0 Å². The summed E-state index contributed by atoms with van der Waals surface area (Å²) in [5.74, 6) is 0.463. The molecule has 6 heteroatoms. The highest BCUT2D eigenvalue weighted by atomic mass is 16.5. The Kier molecular flexibility index (Phi) is 4.79. The highest BCUT2D eigenvalue weighted by Crippen LogP contribution is 2.26. The third kappa shape index (κ3) is 3.81. The molecular formula is C17H23N3O3. The molecule has 2 heterocycles. The zero-order chi connectivity index (χ0) is 16.2. The van der Waals surface area contributed by atoms with Crippen molar-refractivity contribution in [1.82, 2.24) is 10.3 Å². The van der Waals surface area contributed by atoms with Crippen LogP contribution in [0.15, 0.2) is 18.3 Å². The molecule has 0 bridgehead atoms. The van der Waals surface area contributed by atoms with E-state index in [0.29, 0.717) is 18.0 Å². The van der Waals surface area contributed by atoms with Crippen LogP contribution < -0.4 is 10.2 Å². The Morgan fingerprint density at radius 2 is 2.17 bits per heavy atom. The molecule has 1 saturated heterocycles. The van der Waals surface area contributed by atoms with Gasteiger partial charge in [0.15, 0.2) is 0 Å². The van der Waals surface area contributed by atoms with Gasteiger partial charge in [-0.3, -0.25) is 4.79 Å². The van der Waals surface area contributed by atoms with E-state index in [1.54, 1.807) is 18.3 Å². The summed E-state index contributed by atoms with van der Waals surface area (Å²) in [6, 6.07) is 3.89. The van der Waals surface area contributed by atoms with Gasteiger partial charge in [0.2, 0.25) is 5.91 Å². The van der Waals surface area contributed by atoms with E-state index in [0.717, 1.165) is 12.2 Å². The van der Waals surface area contributed by atoms with Crippen LogP contribution >= 0.6 is 0 Å². The lowest BCUT2D eigenvalue weighted by atomic mass is 10.2. The molecule has 1 aliphatic carbocycles. The second-order valence-electron chi connectivity index (χ2n) is 6.35. The topological polar surface area (TPSA) is 71.5 Å². The lowest BCUT2D eigenvalue weighted by molar-refractivity contribution is -0.119. The summed E-state index contributed by atoms with van der Waals surface area (Å²) in [4.78, 5) is 29.9. The Morgan fingerprint density at radius 1 is 1.39 bits per heavy atom. The van der Waals surface area contributed by atoms with Crippen molar-refractivity contribution in [2.24, 2.45) is 0 Å². The number of rotatable bonds is 5. The van der Waals surface area contributed by atoms with Gasteiger partial charge in [0, 0.05) is 25.7 Å². The number of aromatic nitrogens is 1. The fourth-order valence-electron chi connectivity index (χ4n) is 3.28. The molecular weight excluding hydrogens is 294 g/mol. The number of hydrogen-bond donors (Lipinski definition) is 1. The first-order valence-corrected chi connectivity index (χ1v) is 8.29. The highest BCUT2D eigenvalue weighted by Gasteiger charge is 2.23. The molecule has 23 heavy (non-hydrogen) atoms. The lowest BCUT2D eigenvalue weighted by Gasteiger charge is -2.25. The monoisotopic (exact) mass is 317 g/mol. The summed E-state index contributed by atoms with van der Waals surface area (Å²) in [7, 11) is 2.03. The quantitative estimate of drug-likeness (QED) is 0.840. The lowest BCUT2D eigenvalue weighted by Crippen LogP contribution is -2.31. The maximum atomic E-state index is 12.2. The molecule has 0 radical (unpaired) electrons. The molecule has 0 spiro atoms. The Balaban J connectivity index is 1.59. The molecule has 1 N–H and O–H groups in total. The number of amides is 1. The Labute approximate surface area is 136 Å². The number of pyridine rings is 1. The van der Waals surface area contributed by atoms with Gasteiger partial charge in [0.05, 0.1) is 11.6 Å². The van der Waals surface area contributed by atoms with Crippen LogP contribution in [0.2, 0.25) is 0 Å². The zero-order valence-electron chi connectivity index (χ0n) is 13.5. The van der Waals surface area contributed by atoms with E-state index in [2.05, 4.69) is 15.2 Å². The second kappa shape index (κ2) is 6.98. The third-order valence-corrected chi connectivity index (χ3v) is 4.72. The van der Waals surface area contributed by atoms with Crippen molar-refractivity contribution in [1.29, 1.82) is 0 Å². The number of esters is 1. The predicted molar refractivity (Wildman–Crippen MR) is 86.3 cm³/mol. The number of carbonyl (C=O) groups is 2. The van der Waals surface area contributed by atoms with Gasteiger partial charge in [0.1, 0.15) is 12.4 Å². The number of ether oxygens (including phenoxy) is 1. The van der Waals surface area contributed by atoms with Gasteiger partial charge in [-0.05, 0) is 31.4 Å². The van der Waals surface area contributed by atoms with Crippen molar-refractivity contribution >= 4 is 17.7 Å². The van der Waals surface area contributed by atoms with Gasteiger partial charge < -0.3 is 15.0 Å². The number of hydrogen-bond acceptors (Lipinski definition) is 5. The second-order valence-corrected chi connectivity index (χ2v) is 6.35. The van der Waals surface area contributed by atoms with Crippen LogP contribution in [0.3, 0.4) is 0 Å². The van der Waals surface area contributed by atoms with E-state index in [9.17, 15) is 9.59 Å². The van der Waals surface area contributed by atoms with Crippen LogP contribution in [-0.2, 0) is 9.53 Å². The van der Waals surface area contributed by atoms with Crippen LogP contribution in [-0.4, -0.2) is 42.6 Å². The summed E-state index contributed by atoms with van der Waals surface area (Å²) in [5.41, 5.74) is 0.504. The first-order chi connectivity index (χ1) is 11.1. The average Bonchev–Trinajstić information content (AvgIpc) is 3.23. The fourth-order valence-corrected chi connectivity index (χ4v) is 3.28. The summed E-state index contributed by atoms with van der Waals surface area (Å²) in [5, 5.41) is 2.79. The molecule has 1 aromatic heterocycles. The maximum absolute atomic E-state index is 12.2. The molecule has 2 fully saturated rings. The van der Waals surface area contributed by atoms with Crippen molar-refractivity contribution in [3.8, 4) is 0 Å². The fraction of sp³-hybridized carbons (Fsp3) is 0.588. The smallest absolute Gasteiger partial charge is 0.338 e. The van der Waals surface area contributed by atoms with Crippen LogP contribution in [0.5, 0.6) is 0 Å². The van der Waals surface area contributed by atoms with E-state index in [-0.39, 0.29) is 24.5 Å². The van der Waals surface area contributed by atoms with Crippen molar-refractivity contribution < 1.29 is 14.3 Å². The Bertz CT molecular complexity index is 584. The molecule has 2 aliphatic rings. The highest BCUT2D eigenvalue weighted by molar-refractivity contribution is 5.90. The number of anilines is 1. The minimum absolute atomic E-state index is 0.0236. The largest absolute Gasteiger partial charge is 0.460 e. The number of nitrogens with one attached hydrogen (secondary N) is 1. The van der Waals surface area contributed by atoms with Gasteiger partial charge >= 0.3 is 5.97 Å². The van der Waals surface area contributed by atoms with Gasteiger partial charge in [0.25, 0.3) is 0 Å². The molecule has 3 rings (SSSR count). The van der Waals surface area contributed by atoms with Crippen LogP contribution in [0.1, 0.15) is 48.9 Å². The minimum atomic E-state index is -0.366. The van der Waals surface area contributed by atoms with Crippen molar-refractivity contribution in [3.63, 3.8) is 0 Å².